The van der Waals surface area contributed by atoms with Gasteiger partial charge >= 0.3 is 0 Å². The smallest absolute Gasteiger partial charge is 0.188 e. The monoisotopic (exact) mass is 202 g/mol. The van der Waals surface area contributed by atoms with Gasteiger partial charge in [-0.1, -0.05) is 44.2 Å². The Balaban J connectivity index is 2.92. The van der Waals surface area contributed by atoms with Crippen LogP contribution in [0.25, 0.3) is 0 Å². The zero-order chi connectivity index (χ0) is 11.3. The van der Waals surface area contributed by atoms with Gasteiger partial charge in [-0.25, -0.2) is 0 Å². The first-order valence-corrected chi connectivity index (χ1v) is 5.51. The molecule has 0 heterocycles. The van der Waals surface area contributed by atoms with Gasteiger partial charge < -0.3 is 0 Å². The molecule has 1 heteroatoms. The number of hydrogen-bond acceptors (Lipinski definition) is 1. The summed E-state index contributed by atoms with van der Waals surface area (Å²) in [4.78, 5) is 11.9. The van der Waals surface area contributed by atoms with Gasteiger partial charge in [0.1, 0.15) is 0 Å². The van der Waals surface area contributed by atoms with E-state index >= 15 is 0 Å². The summed E-state index contributed by atoms with van der Waals surface area (Å²) in [5.74, 6) is 0.155. The summed E-state index contributed by atoms with van der Waals surface area (Å²) >= 11 is 0. The van der Waals surface area contributed by atoms with Crippen molar-refractivity contribution in [2.45, 2.75) is 33.6 Å². The molecule has 0 radical (unpaired) electrons. The summed E-state index contributed by atoms with van der Waals surface area (Å²) in [6.45, 7) is 6.03. The second-order valence-electron chi connectivity index (χ2n) is 3.55. The van der Waals surface area contributed by atoms with Gasteiger partial charge in [0.25, 0.3) is 0 Å². The number of rotatable bonds is 4. The van der Waals surface area contributed by atoms with E-state index in [9.17, 15) is 4.79 Å². The van der Waals surface area contributed by atoms with E-state index in [1.165, 1.54) is 5.56 Å². The van der Waals surface area contributed by atoms with E-state index in [1.807, 2.05) is 44.2 Å². The van der Waals surface area contributed by atoms with Crippen LogP contribution in [-0.2, 0) is 6.42 Å². The van der Waals surface area contributed by atoms with Crippen molar-refractivity contribution in [1.29, 1.82) is 0 Å². The Kier molecular flexibility index (Phi) is 4.29. The van der Waals surface area contributed by atoms with Crippen LogP contribution in [0.5, 0.6) is 0 Å². The van der Waals surface area contributed by atoms with E-state index in [4.69, 9.17) is 0 Å². The Morgan fingerprint density at radius 3 is 2.20 bits per heavy atom. The highest BCUT2D eigenvalue weighted by atomic mass is 16.1. The number of hydrogen-bond donors (Lipinski definition) is 0. The fourth-order valence-electron chi connectivity index (χ4n) is 1.57. The predicted molar refractivity (Wildman–Crippen MR) is 64.2 cm³/mol. The maximum Gasteiger partial charge on any atom is 0.188 e. The van der Waals surface area contributed by atoms with Crippen molar-refractivity contribution < 1.29 is 4.79 Å². The number of benzene rings is 1. The topological polar surface area (TPSA) is 17.1 Å². The van der Waals surface area contributed by atoms with Gasteiger partial charge in [0.15, 0.2) is 5.78 Å². The maximum absolute atomic E-state index is 11.9. The Morgan fingerprint density at radius 1 is 1.20 bits per heavy atom. The average molecular weight is 202 g/mol. The molecule has 1 rings (SSSR count). The molecule has 80 valence electrons. The summed E-state index contributed by atoms with van der Waals surface area (Å²) in [6.07, 6.45) is 3.71. The third kappa shape index (κ3) is 2.79. The summed E-state index contributed by atoms with van der Waals surface area (Å²) in [5.41, 5.74) is 2.95. The molecule has 0 aliphatic carbocycles. The predicted octanol–water partition coefficient (Wildman–Crippen LogP) is 3.79. The van der Waals surface area contributed by atoms with Crippen LogP contribution in [0.15, 0.2) is 35.9 Å². The van der Waals surface area contributed by atoms with Crippen molar-refractivity contribution in [3.8, 4) is 0 Å². The van der Waals surface area contributed by atoms with Crippen LogP contribution in [0.3, 0.4) is 0 Å². The van der Waals surface area contributed by atoms with Crippen molar-refractivity contribution in [3.05, 3.63) is 47.0 Å². The standard InChI is InChI=1S/C14H18O/c1-4-11-7-9-13(10-8-11)14(15)12(5-2)6-3/h5,7-10H,4,6H2,1-3H3/b12-5-. The van der Waals surface area contributed by atoms with E-state index < -0.39 is 0 Å². The first-order chi connectivity index (χ1) is 7.22. The molecule has 1 aromatic rings. The molecule has 0 aliphatic rings. The molecule has 0 spiro atoms. The van der Waals surface area contributed by atoms with E-state index in [0.717, 1.165) is 24.0 Å². The maximum atomic E-state index is 11.9. The highest BCUT2D eigenvalue weighted by Gasteiger charge is 2.08. The molecular formula is C14H18O. The molecule has 0 saturated carbocycles. The third-order valence-electron chi connectivity index (χ3n) is 2.65. The van der Waals surface area contributed by atoms with Crippen molar-refractivity contribution in [2.75, 3.05) is 0 Å². The van der Waals surface area contributed by atoms with Crippen molar-refractivity contribution in [2.24, 2.45) is 0 Å². The lowest BCUT2D eigenvalue weighted by Crippen LogP contribution is -2.02. The van der Waals surface area contributed by atoms with Gasteiger partial charge in [0.2, 0.25) is 0 Å². The number of ketones is 1. The molecule has 0 aliphatic heterocycles. The van der Waals surface area contributed by atoms with Crippen LogP contribution in [-0.4, -0.2) is 5.78 Å². The third-order valence-corrected chi connectivity index (χ3v) is 2.65. The Morgan fingerprint density at radius 2 is 1.80 bits per heavy atom. The average Bonchev–Trinajstić information content (AvgIpc) is 2.30. The van der Waals surface area contributed by atoms with Crippen LogP contribution in [0, 0.1) is 0 Å². The van der Waals surface area contributed by atoms with E-state index in [1.54, 1.807) is 0 Å². The molecule has 1 aromatic carbocycles. The van der Waals surface area contributed by atoms with E-state index in [-0.39, 0.29) is 5.78 Å². The largest absolute Gasteiger partial charge is 0.289 e. The normalized spacial score (nSPS) is 11.5. The van der Waals surface area contributed by atoms with Crippen LogP contribution >= 0.6 is 0 Å². The zero-order valence-electron chi connectivity index (χ0n) is 9.71. The first kappa shape index (κ1) is 11.7. The lowest BCUT2D eigenvalue weighted by atomic mass is 10.00. The van der Waals surface area contributed by atoms with Crippen LogP contribution in [0.2, 0.25) is 0 Å². The SMILES string of the molecule is C/C=C(/CC)C(=O)c1ccc(CC)cc1. The highest BCUT2D eigenvalue weighted by molar-refractivity contribution is 6.08. The molecule has 1 nitrogen and oxygen atoms in total. The minimum absolute atomic E-state index is 0.155. The summed E-state index contributed by atoms with van der Waals surface area (Å²) in [5, 5.41) is 0. The van der Waals surface area contributed by atoms with Gasteiger partial charge in [-0.05, 0) is 30.9 Å². The van der Waals surface area contributed by atoms with Gasteiger partial charge in [0, 0.05) is 5.56 Å². The number of allylic oxidation sites excluding steroid dienone is 2. The van der Waals surface area contributed by atoms with Crippen LogP contribution in [0.1, 0.15) is 43.1 Å². The lowest BCUT2D eigenvalue weighted by Gasteiger charge is -2.04. The molecule has 0 saturated heterocycles. The van der Waals surface area contributed by atoms with E-state index in [0.29, 0.717) is 0 Å². The minimum atomic E-state index is 0.155. The van der Waals surface area contributed by atoms with E-state index in [2.05, 4.69) is 6.92 Å². The molecule has 0 amide bonds. The van der Waals surface area contributed by atoms with Crippen LogP contribution < -0.4 is 0 Å². The molecule has 0 N–H and O–H groups in total. The van der Waals surface area contributed by atoms with Gasteiger partial charge in [-0.15, -0.1) is 0 Å². The molecule has 15 heavy (non-hydrogen) atoms. The molecule has 0 bridgehead atoms. The number of carbonyl (C=O) groups excluding carboxylic acids is 1. The van der Waals surface area contributed by atoms with Crippen molar-refractivity contribution in [3.63, 3.8) is 0 Å². The second kappa shape index (κ2) is 5.50. The van der Waals surface area contributed by atoms with Crippen molar-refractivity contribution in [1.82, 2.24) is 0 Å². The fraction of sp³-hybridized carbons (Fsp3) is 0.357. The fourth-order valence-corrected chi connectivity index (χ4v) is 1.57. The highest BCUT2D eigenvalue weighted by Crippen LogP contribution is 2.12. The summed E-state index contributed by atoms with van der Waals surface area (Å²) in [6, 6.07) is 7.88. The Bertz CT molecular complexity index is 357. The molecule has 0 aromatic heterocycles. The first-order valence-electron chi connectivity index (χ1n) is 5.51. The van der Waals surface area contributed by atoms with Crippen molar-refractivity contribution >= 4 is 5.78 Å². The van der Waals surface area contributed by atoms with Gasteiger partial charge in [-0.2, -0.15) is 0 Å². The minimum Gasteiger partial charge on any atom is -0.289 e. The molecule has 0 atom stereocenters. The molecule has 0 unspecified atom stereocenters. The summed E-state index contributed by atoms with van der Waals surface area (Å²) in [7, 11) is 0. The molecule has 0 fully saturated rings. The molecular weight excluding hydrogens is 184 g/mol. The quantitative estimate of drug-likeness (QED) is 0.536. The Hall–Kier alpha value is -1.37. The van der Waals surface area contributed by atoms with Crippen LogP contribution in [0.4, 0.5) is 0 Å². The lowest BCUT2D eigenvalue weighted by molar-refractivity contribution is 0.103. The second-order valence-corrected chi connectivity index (χ2v) is 3.55. The number of Topliss-reactive ketones (excluding diaryl/α,β-unsaturated/α-hetero) is 1. The zero-order valence-corrected chi connectivity index (χ0v) is 9.71. The Labute approximate surface area is 91.8 Å². The van der Waals surface area contributed by atoms with Gasteiger partial charge in [0.05, 0.1) is 0 Å². The number of carbonyl (C=O) groups is 1. The summed E-state index contributed by atoms with van der Waals surface area (Å²) < 4.78 is 0. The number of aryl methyl sites for hydroxylation is 1. The van der Waals surface area contributed by atoms with Gasteiger partial charge in [-0.3, -0.25) is 4.79 Å².